The Morgan fingerprint density at radius 1 is 1.17 bits per heavy atom. The number of carbonyl (C=O) groups is 2. The Balaban J connectivity index is 2.65. The number of hydrogen-bond acceptors (Lipinski definition) is 7. The molecule has 0 aliphatic heterocycles. The molecule has 2 rings (SSSR count). The van der Waals surface area contributed by atoms with Crippen LogP contribution in [0.2, 0.25) is 10.0 Å². The molecule has 0 radical (unpaired) electrons. The zero-order chi connectivity index (χ0) is 26.7. The van der Waals surface area contributed by atoms with Gasteiger partial charge >= 0.3 is 12.1 Å². The molecule has 15 heteroatoms. The average molecular weight is 576 g/mol. The van der Waals surface area contributed by atoms with Gasteiger partial charge in [0.2, 0.25) is 15.0 Å². The minimum absolute atomic E-state index is 0.0650. The van der Waals surface area contributed by atoms with Crippen molar-refractivity contribution >= 4 is 56.4 Å². The third-order valence-corrected chi connectivity index (χ3v) is 8.38. The van der Waals surface area contributed by atoms with Gasteiger partial charge < -0.3 is 9.64 Å². The lowest BCUT2D eigenvalue weighted by Gasteiger charge is -2.19. The summed E-state index contributed by atoms with van der Waals surface area (Å²) in [6.45, 7) is 6.48. The summed E-state index contributed by atoms with van der Waals surface area (Å²) in [6, 6.07) is -0.235. The van der Waals surface area contributed by atoms with Crippen molar-refractivity contribution in [1.29, 1.82) is 0 Å². The number of thiazole rings is 1. The van der Waals surface area contributed by atoms with Crippen molar-refractivity contribution in [2.24, 2.45) is 0 Å². The zero-order valence-corrected chi connectivity index (χ0v) is 22.1. The summed E-state index contributed by atoms with van der Waals surface area (Å²) >= 11 is 13.3. The number of nitrogens with one attached hydrogen (secondary N) is 1. The second-order valence-corrected chi connectivity index (χ2v) is 10.5. The van der Waals surface area contributed by atoms with Crippen LogP contribution in [0.5, 0.6) is 0 Å². The van der Waals surface area contributed by atoms with E-state index in [4.69, 9.17) is 27.9 Å². The molecule has 35 heavy (non-hydrogen) atoms. The molecule has 1 N–H and O–H groups in total. The predicted molar refractivity (Wildman–Crippen MR) is 127 cm³/mol. The maximum atomic E-state index is 13.1. The van der Waals surface area contributed by atoms with Crippen molar-refractivity contribution in [3.8, 4) is 10.4 Å². The van der Waals surface area contributed by atoms with E-state index >= 15 is 0 Å². The SMILES string of the molecule is CCOC(=O)c1nc(C(=O)N(CC)CC)c(-c2ccc(S(=O)(=O)NC(C)C(F)(F)F)c(Cl)c2Cl)s1. The number of benzene rings is 1. The first-order valence-corrected chi connectivity index (χ1v) is 13.3. The molecule has 8 nitrogen and oxygen atoms in total. The van der Waals surface area contributed by atoms with Crippen LogP contribution in [0.3, 0.4) is 0 Å². The van der Waals surface area contributed by atoms with Gasteiger partial charge in [0.1, 0.15) is 16.6 Å². The normalized spacial score (nSPS) is 12.9. The number of halogens is 5. The van der Waals surface area contributed by atoms with Gasteiger partial charge in [0.05, 0.1) is 21.5 Å². The molecular weight excluding hydrogens is 554 g/mol. The van der Waals surface area contributed by atoms with Gasteiger partial charge in [-0.2, -0.15) is 17.9 Å². The maximum Gasteiger partial charge on any atom is 0.404 e. The highest BCUT2D eigenvalue weighted by atomic mass is 35.5. The largest absolute Gasteiger partial charge is 0.461 e. The van der Waals surface area contributed by atoms with Crippen LogP contribution in [-0.2, 0) is 14.8 Å². The molecule has 0 aliphatic carbocycles. The van der Waals surface area contributed by atoms with Crippen LogP contribution in [0.1, 0.15) is 48.0 Å². The lowest BCUT2D eigenvalue weighted by Crippen LogP contribution is -2.43. The smallest absolute Gasteiger partial charge is 0.404 e. The summed E-state index contributed by atoms with van der Waals surface area (Å²) in [4.78, 5) is 30.3. The van der Waals surface area contributed by atoms with E-state index in [1.807, 2.05) is 0 Å². The van der Waals surface area contributed by atoms with Crippen molar-refractivity contribution in [3.63, 3.8) is 0 Å². The van der Waals surface area contributed by atoms with Crippen LogP contribution in [0, 0.1) is 0 Å². The fourth-order valence-electron chi connectivity index (χ4n) is 2.87. The fraction of sp³-hybridized carbons (Fsp3) is 0.450. The van der Waals surface area contributed by atoms with E-state index in [1.54, 1.807) is 20.8 Å². The molecule has 1 aromatic carbocycles. The second kappa shape index (κ2) is 11.4. The predicted octanol–water partition coefficient (Wildman–Crippen LogP) is 5.00. The molecule has 0 aliphatic rings. The van der Waals surface area contributed by atoms with Gasteiger partial charge in [-0.1, -0.05) is 29.3 Å². The molecule has 0 spiro atoms. The second-order valence-electron chi connectivity index (χ2n) is 7.02. The van der Waals surface area contributed by atoms with Crippen LogP contribution in [0.4, 0.5) is 13.2 Å². The number of amides is 1. The Hall–Kier alpha value is -1.93. The van der Waals surface area contributed by atoms with Gasteiger partial charge in [-0.05, 0) is 33.8 Å². The molecular formula is C20H22Cl2F3N3O5S2. The number of ether oxygens (including phenoxy) is 1. The first kappa shape index (κ1) is 29.3. The summed E-state index contributed by atoms with van der Waals surface area (Å²) in [7, 11) is -4.71. The van der Waals surface area contributed by atoms with Gasteiger partial charge in [0, 0.05) is 18.7 Å². The summed E-state index contributed by atoms with van der Waals surface area (Å²) < 4.78 is 70.1. The number of esters is 1. The molecule has 0 bridgehead atoms. The topological polar surface area (TPSA) is 106 Å². The number of carbonyl (C=O) groups excluding carboxylic acids is 2. The Kier molecular flexibility index (Phi) is 9.56. The van der Waals surface area contributed by atoms with Gasteiger partial charge in [-0.3, -0.25) is 4.79 Å². The number of aromatic nitrogens is 1. The Bertz CT molecular complexity index is 1220. The van der Waals surface area contributed by atoms with E-state index in [9.17, 15) is 31.2 Å². The molecule has 1 aromatic heterocycles. The number of sulfonamides is 1. The van der Waals surface area contributed by atoms with Crippen molar-refractivity contribution in [2.45, 2.75) is 44.8 Å². The number of nitrogens with zero attached hydrogens (tertiary/aromatic N) is 2. The first-order chi connectivity index (χ1) is 16.2. The molecule has 1 atom stereocenters. The Morgan fingerprint density at radius 3 is 2.29 bits per heavy atom. The van der Waals surface area contributed by atoms with Gasteiger partial charge in [-0.15, -0.1) is 11.3 Å². The molecule has 0 saturated carbocycles. The van der Waals surface area contributed by atoms with Crippen LogP contribution >= 0.6 is 34.5 Å². The van der Waals surface area contributed by atoms with Gasteiger partial charge in [0.15, 0.2) is 0 Å². The van der Waals surface area contributed by atoms with Crippen LogP contribution in [0.25, 0.3) is 10.4 Å². The van der Waals surface area contributed by atoms with Crippen molar-refractivity contribution < 1.29 is 35.9 Å². The number of hydrogen-bond donors (Lipinski definition) is 1. The molecule has 0 fully saturated rings. The monoisotopic (exact) mass is 575 g/mol. The fourth-order valence-corrected chi connectivity index (χ4v) is 6.00. The molecule has 0 saturated heterocycles. The summed E-state index contributed by atoms with van der Waals surface area (Å²) in [6.07, 6.45) is -4.82. The summed E-state index contributed by atoms with van der Waals surface area (Å²) in [5.41, 5.74) is -0.0535. The van der Waals surface area contributed by atoms with Crippen LogP contribution in [0.15, 0.2) is 17.0 Å². The van der Waals surface area contributed by atoms with Crippen LogP contribution < -0.4 is 4.72 Å². The highest BCUT2D eigenvalue weighted by Crippen LogP contribution is 2.42. The van der Waals surface area contributed by atoms with Crippen molar-refractivity contribution in [3.05, 3.63) is 32.9 Å². The van der Waals surface area contributed by atoms with E-state index < -0.39 is 44.0 Å². The molecule has 1 unspecified atom stereocenters. The lowest BCUT2D eigenvalue weighted by atomic mass is 10.1. The lowest BCUT2D eigenvalue weighted by molar-refractivity contribution is -0.147. The average Bonchev–Trinajstić information content (AvgIpc) is 3.20. The van der Waals surface area contributed by atoms with E-state index in [0.29, 0.717) is 20.0 Å². The standard InChI is InChI=1S/C20H22Cl2F3N3O5S2/c1-5-28(6-2)18(29)15-16(34-17(26-15)19(30)33-7-3)11-8-9-12(14(22)13(11)21)35(31,32)27-10(4)20(23,24)25/h8-10,27H,5-7H2,1-4H3. The summed E-state index contributed by atoms with van der Waals surface area (Å²) in [5, 5.41) is -1.04. The van der Waals surface area contributed by atoms with E-state index in [0.717, 1.165) is 17.4 Å². The minimum atomic E-state index is -4.82. The van der Waals surface area contributed by atoms with Crippen molar-refractivity contribution in [2.75, 3.05) is 19.7 Å². The highest BCUT2D eigenvalue weighted by Gasteiger charge is 2.39. The molecule has 1 amide bonds. The molecule has 194 valence electrons. The Morgan fingerprint density at radius 2 is 1.77 bits per heavy atom. The third-order valence-electron chi connectivity index (χ3n) is 4.73. The van der Waals surface area contributed by atoms with E-state index in [1.165, 1.54) is 15.7 Å². The maximum absolute atomic E-state index is 13.1. The quantitative estimate of drug-likeness (QED) is 0.421. The van der Waals surface area contributed by atoms with E-state index in [-0.39, 0.29) is 32.8 Å². The van der Waals surface area contributed by atoms with Gasteiger partial charge in [-0.25, -0.2) is 18.2 Å². The first-order valence-electron chi connectivity index (χ1n) is 10.2. The number of alkyl halides is 3. The molecule has 2 aromatic rings. The zero-order valence-electron chi connectivity index (χ0n) is 19.0. The van der Waals surface area contributed by atoms with E-state index in [2.05, 4.69) is 4.98 Å². The summed E-state index contributed by atoms with van der Waals surface area (Å²) in [5.74, 6) is -1.29. The van der Waals surface area contributed by atoms with Crippen molar-refractivity contribution in [1.82, 2.24) is 14.6 Å². The third kappa shape index (κ3) is 6.45. The number of rotatable bonds is 9. The molecule has 1 heterocycles. The highest BCUT2D eigenvalue weighted by molar-refractivity contribution is 7.89. The van der Waals surface area contributed by atoms with Crippen LogP contribution in [-0.4, -0.2) is 62.1 Å². The van der Waals surface area contributed by atoms with Gasteiger partial charge in [0.25, 0.3) is 5.91 Å². The Labute approximate surface area is 214 Å². The minimum Gasteiger partial charge on any atom is -0.461 e.